The van der Waals surface area contributed by atoms with Crippen molar-refractivity contribution in [2.45, 2.75) is 18.9 Å². The van der Waals surface area contributed by atoms with E-state index in [0.717, 1.165) is 38.3 Å². The lowest BCUT2D eigenvalue weighted by atomic mass is 10.1. The predicted octanol–water partition coefficient (Wildman–Crippen LogP) is 0.999. The quantitative estimate of drug-likeness (QED) is 0.842. The highest BCUT2D eigenvalue weighted by Gasteiger charge is 2.19. The van der Waals surface area contributed by atoms with Crippen molar-refractivity contribution in [3.63, 3.8) is 0 Å². The van der Waals surface area contributed by atoms with Crippen LogP contribution in [0.3, 0.4) is 0 Å². The number of aliphatic hydroxyl groups excluding tert-OH is 1. The second kappa shape index (κ2) is 6.14. The van der Waals surface area contributed by atoms with Gasteiger partial charge < -0.3 is 10.4 Å². The van der Waals surface area contributed by atoms with Crippen molar-refractivity contribution in [1.82, 2.24) is 15.1 Å². The largest absolute Gasteiger partial charge is 0.395 e. The fourth-order valence-electron chi connectivity index (χ4n) is 2.12. The molecule has 1 aliphatic heterocycles. The van der Waals surface area contributed by atoms with E-state index in [-0.39, 0.29) is 6.61 Å². The molecule has 0 saturated carbocycles. The number of nitrogens with one attached hydrogen (secondary N) is 1. The van der Waals surface area contributed by atoms with Gasteiger partial charge in [0.25, 0.3) is 0 Å². The molecule has 94 valence electrons. The van der Waals surface area contributed by atoms with E-state index in [2.05, 4.69) is 20.4 Å². The van der Waals surface area contributed by atoms with E-state index in [0.29, 0.717) is 11.2 Å². The maximum absolute atomic E-state index is 8.93. The fourth-order valence-corrected chi connectivity index (χ4v) is 2.22. The van der Waals surface area contributed by atoms with Crippen LogP contribution in [0, 0.1) is 0 Å². The SMILES string of the molecule is OCCN1CCC[C@H](Nc2ccc(Cl)nn2)C1. The van der Waals surface area contributed by atoms with E-state index < -0.39 is 0 Å². The second-order valence-electron chi connectivity index (χ2n) is 4.25. The Morgan fingerprint density at radius 1 is 1.47 bits per heavy atom. The Bertz CT molecular complexity index is 344. The van der Waals surface area contributed by atoms with Gasteiger partial charge in [-0.25, -0.2) is 0 Å². The standard InChI is InChI=1S/C11H17ClN4O/c12-10-3-4-11(15-14-10)13-9-2-1-5-16(8-9)6-7-17/h3-4,9,17H,1-2,5-8H2,(H,13,15)/t9-/m0/s1. The van der Waals surface area contributed by atoms with Crippen LogP contribution in [-0.4, -0.2) is 52.5 Å². The number of rotatable bonds is 4. The molecule has 1 aliphatic rings. The number of piperidine rings is 1. The molecule has 0 spiro atoms. The molecule has 1 atom stereocenters. The van der Waals surface area contributed by atoms with Gasteiger partial charge in [-0.3, -0.25) is 4.90 Å². The highest BCUT2D eigenvalue weighted by Crippen LogP contribution is 2.14. The summed E-state index contributed by atoms with van der Waals surface area (Å²) in [6.07, 6.45) is 2.25. The number of β-amino-alcohol motifs (C(OH)–C–C–N with tert-alkyl or cyclic N) is 1. The summed E-state index contributed by atoms with van der Waals surface area (Å²) in [7, 11) is 0. The Kier molecular flexibility index (Phi) is 4.53. The van der Waals surface area contributed by atoms with Crippen LogP contribution in [0.15, 0.2) is 12.1 Å². The van der Waals surface area contributed by atoms with Crippen molar-refractivity contribution in [1.29, 1.82) is 0 Å². The molecule has 1 aromatic heterocycles. The molecule has 5 nitrogen and oxygen atoms in total. The van der Waals surface area contributed by atoms with Gasteiger partial charge in [-0.2, -0.15) is 0 Å². The molecule has 1 saturated heterocycles. The molecule has 0 amide bonds. The normalized spacial score (nSPS) is 21.4. The maximum Gasteiger partial charge on any atom is 0.151 e. The number of aliphatic hydroxyl groups is 1. The summed E-state index contributed by atoms with van der Waals surface area (Å²) in [5, 5.41) is 20.5. The summed E-state index contributed by atoms with van der Waals surface area (Å²) in [6.45, 7) is 2.95. The van der Waals surface area contributed by atoms with Crippen LogP contribution in [0.1, 0.15) is 12.8 Å². The van der Waals surface area contributed by atoms with E-state index in [1.54, 1.807) is 6.07 Å². The summed E-state index contributed by atoms with van der Waals surface area (Å²) in [6, 6.07) is 3.93. The third kappa shape index (κ3) is 3.80. The molecule has 1 fully saturated rings. The van der Waals surface area contributed by atoms with Crippen molar-refractivity contribution in [3.8, 4) is 0 Å². The first-order valence-corrected chi connectivity index (χ1v) is 6.24. The van der Waals surface area contributed by atoms with Crippen LogP contribution < -0.4 is 5.32 Å². The van der Waals surface area contributed by atoms with Crippen LogP contribution in [0.2, 0.25) is 5.15 Å². The zero-order valence-electron chi connectivity index (χ0n) is 9.64. The molecule has 1 aromatic rings. The van der Waals surface area contributed by atoms with Gasteiger partial charge >= 0.3 is 0 Å². The molecule has 0 aliphatic carbocycles. The van der Waals surface area contributed by atoms with Crippen LogP contribution >= 0.6 is 11.6 Å². The molecule has 0 unspecified atom stereocenters. The maximum atomic E-state index is 8.93. The van der Waals surface area contributed by atoms with E-state index in [9.17, 15) is 0 Å². The Hall–Kier alpha value is -0.910. The van der Waals surface area contributed by atoms with Crippen molar-refractivity contribution in [2.24, 2.45) is 0 Å². The monoisotopic (exact) mass is 256 g/mol. The molecule has 0 bridgehead atoms. The van der Waals surface area contributed by atoms with Gasteiger partial charge in [0.1, 0.15) is 5.82 Å². The number of aromatic nitrogens is 2. The Labute approximate surface area is 106 Å². The van der Waals surface area contributed by atoms with Gasteiger partial charge in [-0.15, -0.1) is 10.2 Å². The first kappa shape index (κ1) is 12.5. The molecule has 0 aromatic carbocycles. The molecule has 2 rings (SSSR count). The lowest BCUT2D eigenvalue weighted by molar-refractivity contribution is 0.166. The average Bonchev–Trinajstić information content (AvgIpc) is 2.33. The molecule has 2 N–H and O–H groups in total. The smallest absolute Gasteiger partial charge is 0.151 e. The van der Waals surface area contributed by atoms with Crippen molar-refractivity contribution >= 4 is 17.4 Å². The number of hydrogen-bond donors (Lipinski definition) is 2. The Balaban J connectivity index is 1.87. The highest BCUT2D eigenvalue weighted by atomic mass is 35.5. The highest BCUT2D eigenvalue weighted by molar-refractivity contribution is 6.29. The summed E-state index contributed by atoms with van der Waals surface area (Å²) in [5.74, 6) is 0.755. The minimum absolute atomic E-state index is 0.216. The van der Waals surface area contributed by atoms with Gasteiger partial charge in [0.15, 0.2) is 5.15 Å². The third-order valence-corrected chi connectivity index (χ3v) is 3.11. The molecule has 6 heteroatoms. The number of hydrogen-bond acceptors (Lipinski definition) is 5. The molecular weight excluding hydrogens is 240 g/mol. The Morgan fingerprint density at radius 3 is 3.06 bits per heavy atom. The number of anilines is 1. The van der Waals surface area contributed by atoms with Crippen LogP contribution in [0.25, 0.3) is 0 Å². The minimum atomic E-state index is 0.216. The fraction of sp³-hybridized carbons (Fsp3) is 0.636. The molecule has 17 heavy (non-hydrogen) atoms. The predicted molar refractivity (Wildman–Crippen MR) is 67.2 cm³/mol. The summed E-state index contributed by atoms with van der Waals surface area (Å²) in [4.78, 5) is 2.25. The van der Waals surface area contributed by atoms with Gasteiger partial charge in [-0.05, 0) is 31.5 Å². The third-order valence-electron chi connectivity index (χ3n) is 2.91. The molecule has 0 radical (unpaired) electrons. The summed E-state index contributed by atoms with van der Waals surface area (Å²) >= 11 is 5.68. The van der Waals surface area contributed by atoms with Gasteiger partial charge in [-0.1, -0.05) is 11.6 Å². The number of nitrogens with zero attached hydrogens (tertiary/aromatic N) is 3. The van der Waals surface area contributed by atoms with Crippen molar-refractivity contribution in [2.75, 3.05) is 31.6 Å². The Morgan fingerprint density at radius 2 is 2.35 bits per heavy atom. The lowest BCUT2D eigenvalue weighted by Crippen LogP contribution is -2.43. The number of likely N-dealkylation sites (tertiary alicyclic amines) is 1. The summed E-state index contributed by atoms with van der Waals surface area (Å²) < 4.78 is 0. The average molecular weight is 257 g/mol. The minimum Gasteiger partial charge on any atom is -0.395 e. The van der Waals surface area contributed by atoms with Gasteiger partial charge in [0.2, 0.25) is 0 Å². The van der Waals surface area contributed by atoms with E-state index in [1.807, 2.05) is 6.07 Å². The van der Waals surface area contributed by atoms with Gasteiger partial charge in [0, 0.05) is 19.1 Å². The first-order valence-electron chi connectivity index (χ1n) is 5.87. The first-order chi connectivity index (χ1) is 8.28. The number of halogens is 1. The van der Waals surface area contributed by atoms with Crippen molar-refractivity contribution in [3.05, 3.63) is 17.3 Å². The van der Waals surface area contributed by atoms with E-state index >= 15 is 0 Å². The van der Waals surface area contributed by atoms with Crippen molar-refractivity contribution < 1.29 is 5.11 Å². The van der Waals surface area contributed by atoms with Crippen LogP contribution in [0.4, 0.5) is 5.82 Å². The van der Waals surface area contributed by atoms with E-state index in [4.69, 9.17) is 16.7 Å². The zero-order chi connectivity index (χ0) is 12.1. The van der Waals surface area contributed by atoms with Crippen LogP contribution in [-0.2, 0) is 0 Å². The van der Waals surface area contributed by atoms with E-state index in [1.165, 1.54) is 0 Å². The summed E-state index contributed by atoms with van der Waals surface area (Å²) in [5.41, 5.74) is 0. The second-order valence-corrected chi connectivity index (χ2v) is 4.64. The topological polar surface area (TPSA) is 61.3 Å². The lowest BCUT2D eigenvalue weighted by Gasteiger charge is -2.32. The zero-order valence-corrected chi connectivity index (χ0v) is 10.4. The molecule has 2 heterocycles. The molecular formula is C11H17ClN4O. The van der Waals surface area contributed by atoms with Crippen LogP contribution in [0.5, 0.6) is 0 Å². The van der Waals surface area contributed by atoms with Gasteiger partial charge in [0.05, 0.1) is 6.61 Å².